The third-order valence-electron chi connectivity index (χ3n) is 5.12. The second-order valence-electron chi connectivity index (χ2n) is 6.72. The van der Waals surface area contributed by atoms with Crippen LogP contribution in [0.5, 0.6) is 5.75 Å². The quantitative estimate of drug-likeness (QED) is 0.657. The lowest BCUT2D eigenvalue weighted by Crippen LogP contribution is -2.47. The lowest BCUT2D eigenvalue weighted by molar-refractivity contribution is 0.254. The molecule has 5 heteroatoms. The largest absolute Gasteiger partial charge is 0.493 e. The van der Waals surface area contributed by atoms with Crippen LogP contribution in [0.25, 0.3) is 10.1 Å². The Balaban J connectivity index is 1.28. The molecule has 1 saturated heterocycles. The number of rotatable bonds is 6. The van der Waals surface area contributed by atoms with Crippen molar-refractivity contribution in [3.8, 4) is 5.75 Å². The van der Waals surface area contributed by atoms with E-state index in [-0.39, 0.29) is 0 Å². The summed E-state index contributed by atoms with van der Waals surface area (Å²) in [5.74, 6) is 1.84. The summed E-state index contributed by atoms with van der Waals surface area (Å²) in [6.45, 7) is 5.36. The van der Waals surface area contributed by atoms with E-state index < -0.39 is 0 Å². The number of hydrogen-bond acceptors (Lipinski definition) is 5. The monoisotopic (exact) mass is 367 g/mol. The van der Waals surface area contributed by atoms with Crippen LogP contribution in [0.4, 0.5) is 5.82 Å². The highest BCUT2D eigenvalue weighted by atomic mass is 32.1. The fourth-order valence-electron chi connectivity index (χ4n) is 3.68. The van der Waals surface area contributed by atoms with Gasteiger partial charge in [-0.15, -0.1) is 11.3 Å². The van der Waals surface area contributed by atoms with Gasteiger partial charge in [0.2, 0.25) is 0 Å². The summed E-state index contributed by atoms with van der Waals surface area (Å²) in [6.07, 6.45) is 4.22. The van der Waals surface area contributed by atoms with Crippen molar-refractivity contribution in [2.75, 3.05) is 44.7 Å². The summed E-state index contributed by atoms with van der Waals surface area (Å²) < 4.78 is 6.85. The highest BCUT2D eigenvalue weighted by molar-refractivity contribution is 7.17. The molecule has 4 nitrogen and oxygen atoms in total. The number of hydrogen-bond donors (Lipinski definition) is 0. The molecule has 2 aromatic heterocycles. The number of anilines is 1. The van der Waals surface area contributed by atoms with Crippen molar-refractivity contribution in [3.63, 3.8) is 0 Å². The molecule has 0 spiro atoms. The fourth-order valence-corrected chi connectivity index (χ4v) is 4.68. The maximum absolute atomic E-state index is 5.45. The molecule has 0 aliphatic carbocycles. The van der Waals surface area contributed by atoms with Gasteiger partial charge in [0.25, 0.3) is 0 Å². The summed E-state index contributed by atoms with van der Waals surface area (Å²) in [7, 11) is 1.71. The van der Waals surface area contributed by atoms with Gasteiger partial charge in [-0.1, -0.05) is 18.2 Å². The highest BCUT2D eigenvalue weighted by Gasteiger charge is 2.20. The van der Waals surface area contributed by atoms with E-state index >= 15 is 0 Å². The number of thiophene rings is 1. The van der Waals surface area contributed by atoms with Crippen LogP contribution >= 0.6 is 11.3 Å². The average Bonchev–Trinajstić information content (AvgIpc) is 3.12. The molecule has 136 valence electrons. The lowest BCUT2D eigenvalue weighted by Gasteiger charge is -2.35. The number of benzene rings is 1. The third kappa shape index (κ3) is 3.69. The second kappa shape index (κ2) is 8.06. The molecule has 0 amide bonds. The first-order valence-corrected chi connectivity index (χ1v) is 10.1. The third-order valence-corrected chi connectivity index (χ3v) is 6.14. The Bertz CT molecular complexity index is 855. The Morgan fingerprint density at radius 2 is 1.92 bits per heavy atom. The maximum Gasteiger partial charge on any atom is 0.171 e. The van der Waals surface area contributed by atoms with Gasteiger partial charge in [0.15, 0.2) is 11.6 Å². The molecule has 1 aliphatic rings. The molecule has 0 saturated carbocycles. The van der Waals surface area contributed by atoms with Gasteiger partial charge in [-0.2, -0.15) is 0 Å². The van der Waals surface area contributed by atoms with E-state index in [2.05, 4.69) is 44.4 Å². The average molecular weight is 368 g/mol. The predicted molar refractivity (Wildman–Crippen MR) is 110 cm³/mol. The summed E-state index contributed by atoms with van der Waals surface area (Å²) in [5.41, 5.74) is 1.50. The highest BCUT2D eigenvalue weighted by Crippen LogP contribution is 2.27. The Labute approximate surface area is 159 Å². The fraction of sp³-hybridized carbons (Fsp3) is 0.381. The Morgan fingerprint density at radius 3 is 2.77 bits per heavy atom. The minimum absolute atomic E-state index is 0.866. The number of aromatic nitrogens is 1. The van der Waals surface area contributed by atoms with Gasteiger partial charge in [0.05, 0.1) is 7.11 Å². The summed E-state index contributed by atoms with van der Waals surface area (Å²) in [6, 6.07) is 12.6. The minimum atomic E-state index is 0.866. The molecule has 1 aromatic carbocycles. The van der Waals surface area contributed by atoms with Crippen LogP contribution < -0.4 is 9.64 Å². The minimum Gasteiger partial charge on any atom is -0.493 e. The van der Waals surface area contributed by atoms with Gasteiger partial charge in [0, 0.05) is 37.1 Å². The predicted octanol–water partition coefficient (Wildman–Crippen LogP) is 4.06. The van der Waals surface area contributed by atoms with Crippen LogP contribution in [0.3, 0.4) is 0 Å². The molecule has 1 aliphatic heterocycles. The van der Waals surface area contributed by atoms with E-state index in [1.807, 2.05) is 29.7 Å². The van der Waals surface area contributed by atoms with Crippen LogP contribution in [-0.2, 0) is 6.42 Å². The van der Waals surface area contributed by atoms with Gasteiger partial charge in [-0.25, -0.2) is 4.98 Å². The van der Waals surface area contributed by atoms with Crippen molar-refractivity contribution in [2.24, 2.45) is 0 Å². The zero-order valence-electron chi connectivity index (χ0n) is 15.2. The lowest BCUT2D eigenvalue weighted by atomic mass is 10.1. The maximum atomic E-state index is 5.45. The number of aryl methyl sites for hydroxylation is 1. The standard InChI is InChI=1S/C21H25N3OS/c1-25-19-8-4-10-22-21(19)24-14-12-23(13-15-24)11-5-6-17-16-26-20-9-3-2-7-18(17)20/h2-4,7-10,16H,5-6,11-15H2,1H3. The number of pyridine rings is 1. The first-order valence-electron chi connectivity index (χ1n) is 9.26. The molecule has 26 heavy (non-hydrogen) atoms. The molecule has 3 heterocycles. The van der Waals surface area contributed by atoms with E-state index in [0.717, 1.165) is 50.7 Å². The zero-order chi connectivity index (χ0) is 17.8. The van der Waals surface area contributed by atoms with Crippen molar-refractivity contribution in [3.05, 3.63) is 53.5 Å². The van der Waals surface area contributed by atoms with Gasteiger partial charge in [-0.05, 0) is 53.9 Å². The van der Waals surface area contributed by atoms with Crippen molar-refractivity contribution in [1.29, 1.82) is 0 Å². The van der Waals surface area contributed by atoms with E-state index in [4.69, 9.17) is 4.74 Å². The molecule has 0 N–H and O–H groups in total. The van der Waals surface area contributed by atoms with E-state index in [9.17, 15) is 0 Å². The number of methoxy groups -OCH3 is 1. The molecule has 0 unspecified atom stereocenters. The number of nitrogens with zero attached hydrogens (tertiary/aromatic N) is 3. The van der Waals surface area contributed by atoms with Gasteiger partial charge < -0.3 is 9.64 Å². The molecular weight excluding hydrogens is 342 g/mol. The molecule has 4 rings (SSSR count). The number of piperazine rings is 1. The zero-order valence-corrected chi connectivity index (χ0v) is 16.0. The van der Waals surface area contributed by atoms with E-state index in [0.29, 0.717) is 0 Å². The van der Waals surface area contributed by atoms with Crippen LogP contribution in [-0.4, -0.2) is 49.7 Å². The smallest absolute Gasteiger partial charge is 0.171 e. The molecule has 0 radical (unpaired) electrons. The Morgan fingerprint density at radius 1 is 1.08 bits per heavy atom. The SMILES string of the molecule is COc1cccnc1N1CCN(CCCc2csc3ccccc23)CC1. The Kier molecular flexibility index (Phi) is 5.37. The second-order valence-corrected chi connectivity index (χ2v) is 7.63. The van der Waals surface area contributed by atoms with Crippen molar-refractivity contribution < 1.29 is 4.74 Å². The van der Waals surface area contributed by atoms with Gasteiger partial charge in [-0.3, -0.25) is 4.90 Å². The van der Waals surface area contributed by atoms with E-state index in [1.54, 1.807) is 7.11 Å². The van der Waals surface area contributed by atoms with Crippen molar-refractivity contribution >= 4 is 27.2 Å². The molecular formula is C21H25N3OS. The van der Waals surface area contributed by atoms with Gasteiger partial charge in [0.1, 0.15) is 0 Å². The summed E-state index contributed by atoms with van der Waals surface area (Å²) >= 11 is 1.86. The van der Waals surface area contributed by atoms with Crippen LogP contribution in [0.2, 0.25) is 0 Å². The summed E-state index contributed by atoms with van der Waals surface area (Å²) in [4.78, 5) is 9.41. The van der Waals surface area contributed by atoms with Gasteiger partial charge >= 0.3 is 0 Å². The van der Waals surface area contributed by atoms with Crippen LogP contribution in [0, 0.1) is 0 Å². The normalized spacial score (nSPS) is 15.5. The number of ether oxygens (including phenoxy) is 1. The molecule has 3 aromatic rings. The molecule has 0 atom stereocenters. The first kappa shape index (κ1) is 17.3. The topological polar surface area (TPSA) is 28.6 Å². The van der Waals surface area contributed by atoms with Crippen molar-refractivity contribution in [2.45, 2.75) is 12.8 Å². The van der Waals surface area contributed by atoms with Crippen LogP contribution in [0.15, 0.2) is 48.0 Å². The molecule has 0 bridgehead atoms. The molecule has 1 fully saturated rings. The van der Waals surface area contributed by atoms with Crippen LogP contribution in [0.1, 0.15) is 12.0 Å². The van der Waals surface area contributed by atoms with Crippen molar-refractivity contribution in [1.82, 2.24) is 9.88 Å². The first-order chi connectivity index (χ1) is 12.8. The van der Waals surface area contributed by atoms with E-state index in [1.165, 1.54) is 22.1 Å². The summed E-state index contributed by atoms with van der Waals surface area (Å²) in [5, 5.41) is 3.76. The number of fused-ring (bicyclic) bond motifs is 1. The Hall–Kier alpha value is -2.11.